The first-order valence-corrected chi connectivity index (χ1v) is 12.3. The van der Waals surface area contributed by atoms with Gasteiger partial charge in [-0.25, -0.2) is 4.98 Å². The predicted octanol–water partition coefficient (Wildman–Crippen LogP) is 6.61. The smallest absolute Gasteiger partial charge is 0.257 e. The van der Waals surface area contributed by atoms with Gasteiger partial charge >= 0.3 is 0 Å². The van der Waals surface area contributed by atoms with Crippen molar-refractivity contribution in [3.63, 3.8) is 0 Å². The fourth-order valence-corrected chi connectivity index (χ4v) is 4.61. The Hall–Kier alpha value is -3.29. The van der Waals surface area contributed by atoms with E-state index < -0.39 is 0 Å². The van der Waals surface area contributed by atoms with Gasteiger partial charge in [0.1, 0.15) is 17.3 Å². The molecular weight excluding hydrogens is 470 g/mol. The summed E-state index contributed by atoms with van der Waals surface area (Å²) in [6, 6.07) is 10.8. The van der Waals surface area contributed by atoms with Gasteiger partial charge in [0.05, 0.1) is 5.52 Å². The van der Waals surface area contributed by atoms with E-state index in [2.05, 4.69) is 15.3 Å². The predicted molar refractivity (Wildman–Crippen MR) is 134 cm³/mol. The van der Waals surface area contributed by atoms with Gasteiger partial charge in [0.15, 0.2) is 5.13 Å². The number of ketones is 1. The van der Waals surface area contributed by atoms with Crippen LogP contribution >= 0.6 is 22.9 Å². The van der Waals surface area contributed by atoms with E-state index in [0.29, 0.717) is 56.9 Å². The van der Waals surface area contributed by atoms with Gasteiger partial charge in [-0.1, -0.05) is 17.7 Å². The molecule has 6 nitrogen and oxygen atoms in total. The highest BCUT2D eigenvalue weighted by molar-refractivity contribution is 7.13. The zero-order valence-corrected chi connectivity index (χ0v) is 20.1. The molecule has 1 fully saturated rings. The number of halogens is 1. The summed E-state index contributed by atoms with van der Waals surface area (Å²) in [5, 5.41) is 6.37. The molecule has 1 aliphatic carbocycles. The lowest BCUT2D eigenvalue weighted by molar-refractivity contribution is -0.118. The van der Waals surface area contributed by atoms with E-state index in [1.54, 1.807) is 36.0 Å². The third-order valence-corrected chi connectivity index (χ3v) is 6.84. The summed E-state index contributed by atoms with van der Waals surface area (Å²) in [6.07, 6.45) is 6.59. The fourth-order valence-electron chi connectivity index (χ4n) is 3.85. The van der Waals surface area contributed by atoms with E-state index in [9.17, 15) is 9.59 Å². The Kier molecular flexibility index (Phi) is 6.30. The second kappa shape index (κ2) is 9.52. The Labute approximate surface area is 206 Å². The Balaban J connectivity index is 1.39. The molecule has 0 bridgehead atoms. The lowest BCUT2D eigenvalue weighted by atomic mass is 10.0. The van der Waals surface area contributed by atoms with Gasteiger partial charge in [0, 0.05) is 46.6 Å². The summed E-state index contributed by atoms with van der Waals surface area (Å²) >= 11 is 7.82. The minimum Gasteiger partial charge on any atom is -0.457 e. The Morgan fingerprint density at radius 2 is 2.00 bits per heavy atom. The van der Waals surface area contributed by atoms with Crippen molar-refractivity contribution in [1.29, 1.82) is 0 Å². The number of aromatic nitrogens is 2. The third kappa shape index (κ3) is 5.11. The minimum absolute atomic E-state index is 0.220. The van der Waals surface area contributed by atoms with Crippen LogP contribution in [0, 0.1) is 12.8 Å². The van der Waals surface area contributed by atoms with Gasteiger partial charge < -0.3 is 4.74 Å². The number of benzene rings is 2. The number of hydrogen-bond acceptors (Lipinski definition) is 6. The number of carbonyl (C=O) groups excluding carboxylic acids is 2. The monoisotopic (exact) mass is 491 g/mol. The number of Topliss-reactive ketones (excluding diaryl/α,β-unsaturated/α-hetero) is 1. The second-order valence-electron chi connectivity index (χ2n) is 8.50. The molecule has 1 N–H and O–H groups in total. The maximum atomic E-state index is 12.8. The summed E-state index contributed by atoms with van der Waals surface area (Å²) in [4.78, 5) is 33.6. The molecule has 0 atom stereocenters. The summed E-state index contributed by atoms with van der Waals surface area (Å²) in [5.41, 5.74) is 2.84. The quantitative estimate of drug-likeness (QED) is 0.300. The standard InChI is InChI=1S/C26H22ClN3O3S/c1-15-10-23-21(14-20(15)25(32)30-26-29-8-9-34-26)24(6-7-28-23)33-19-5-4-17(22(27)13-19)12-18(31)11-16-2-3-16/h4-10,13-14,16H,2-3,11-12H2,1H3,(H,29,30,32). The molecule has 34 heavy (non-hydrogen) atoms. The van der Waals surface area contributed by atoms with E-state index in [-0.39, 0.29) is 11.7 Å². The van der Waals surface area contributed by atoms with E-state index in [0.717, 1.165) is 24.0 Å². The largest absolute Gasteiger partial charge is 0.457 e. The molecule has 0 unspecified atom stereocenters. The number of thiazole rings is 1. The number of aryl methyl sites for hydroxylation is 1. The highest BCUT2D eigenvalue weighted by atomic mass is 35.5. The molecule has 1 saturated carbocycles. The zero-order chi connectivity index (χ0) is 23.7. The van der Waals surface area contributed by atoms with Crippen molar-refractivity contribution in [3.8, 4) is 11.5 Å². The van der Waals surface area contributed by atoms with Gasteiger partial charge in [-0.2, -0.15) is 0 Å². The number of carbonyl (C=O) groups is 2. The van der Waals surface area contributed by atoms with Crippen LogP contribution in [0.5, 0.6) is 11.5 Å². The van der Waals surface area contributed by atoms with Crippen molar-refractivity contribution in [2.45, 2.75) is 32.6 Å². The number of amides is 1. The molecule has 1 amide bonds. The SMILES string of the molecule is Cc1cc2nccc(Oc3ccc(CC(=O)CC4CC4)c(Cl)c3)c2cc1C(=O)Nc1nccs1. The van der Waals surface area contributed by atoms with Gasteiger partial charge in [-0.15, -0.1) is 11.3 Å². The van der Waals surface area contributed by atoms with Crippen molar-refractivity contribution in [2.75, 3.05) is 5.32 Å². The molecule has 2 aromatic heterocycles. The van der Waals surface area contributed by atoms with Gasteiger partial charge in [-0.05, 0) is 67.1 Å². The molecule has 172 valence electrons. The van der Waals surface area contributed by atoms with Gasteiger partial charge in [0.25, 0.3) is 5.91 Å². The average molecular weight is 492 g/mol. The maximum Gasteiger partial charge on any atom is 0.257 e. The van der Waals surface area contributed by atoms with Crippen LogP contribution in [0.2, 0.25) is 5.02 Å². The average Bonchev–Trinajstić information content (AvgIpc) is 3.46. The van der Waals surface area contributed by atoms with E-state index >= 15 is 0 Å². The molecule has 1 aliphatic rings. The van der Waals surface area contributed by atoms with Crippen molar-refractivity contribution in [3.05, 3.63) is 75.9 Å². The number of hydrogen-bond donors (Lipinski definition) is 1. The first-order valence-electron chi connectivity index (χ1n) is 11.0. The highest BCUT2D eigenvalue weighted by Crippen LogP contribution is 2.35. The lowest BCUT2D eigenvalue weighted by Gasteiger charge is -2.13. The molecule has 2 heterocycles. The van der Waals surface area contributed by atoms with Crippen LogP contribution in [0.3, 0.4) is 0 Å². The van der Waals surface area contributed by atoms with Crippen molar-refractivity contribution < 1.29 is 14.3 Å². The van der Waals surface area contributed by atoms with Crippen LogP contribution in [0.4, 0.5) is 5.13 Å². The third-order valence-electron chi connectivity index (χ3n) is 5.80. The first-order chi connectivity index (χ1) is 16.5. The number of anilines is 1. The van der Waals surface area contributed by atoms with Crippen molar-refractivity contribution >= 4 is 50.7 Å². The van der Waals surface area contributed by atoms with E-state index in [4.69, 9.17) is 16.3 Å². The van der Waals surface area contributed by atoms with Gasteiger partial charge in [-0.3, -0.25) is 19.9 Å². The van der Waals surface area contributed by atoms with Crippen LogP contribution in [0.25, 0.3) is 10.9 Å². The number of nitrogens with zero attached hydrogens (tertiary/aromatic N) is 2. The van der Waals surface area contributed by atoms with Crippen LogP contribution in [-0.4, -0.2) is 21.7 Å². The molecule has 8 heteroatoms. The molecule has 2 aromatic carbocycles. The molecule has 0 spiro atoms. The summed E-state index contributed by atoms with van der Waals surface area (Å²) in [7, 11) is 0. The molecule has 4 aromatic rings. The Morgan fingerprint density at radius 1 is 1.15 bits per heavy atom. The van der Waals surface area contributed by atoms with Crippen LogP contribution in [-0.2, 0) is 11.2 Å². The second-order valence-corrected chi connectivity index (χ2v) is 9.80. The lowest BCUT2D eigenvalue weighted by Crippen LogP contribution is -2.13. The number of nitrogens with one attached hydrogen (secondary N) is 1. The number of pyridine rings is 1. The fraction of sp³-hybridized carbons (Fsp3) is 0.231. The van der Waals surface area contributed by atoms with Crippen LogP contribution in [0.1, 0.15) is 40.7 Å². The van der Waals surface area contributed by atoms with Crippen LogP contribution < -0.4 is 10.1 Å². The summed E-state index contributed by atoms with van der Waals surface area (Å²) < 4.78 is 6.14. The maximum absolute atomic E-state index is 12.8. The van der Waals surface area contributed by atoms with E-state index in [1.165, 1.54) is 11.3 Å². The van der Waals surface area contributed by atoms with Crippen molar-refractivity contribution in [2.24, 2.45) is 5.92 Å². The minimum atomic E-state index is -0.243. The van der Waals surface area contributed by atoms with Gasteiger partial charge in [0.2, 0.25) is 0 Å². The van der Waals surface area contributed by atoms with Crippen molar-refractivity contribution in [1.82, 2.24) is 9.97 Å². The first kappa shape index (κ1) is 22.5. The normalized spacial score (nSPS) is 13.1. The zero-order valence-electron chi connectivity index (χ0n) is 18.5. The Bertz CT molecular complexity index is 1380. The molecule has 0 radical (unpaired) electrons. The highest BCUT2D eigenvalue weighted by Gasteiger charge is 2.24. The Morgan fingerprint density at radius 3 is 2.74 bits per heavy atom. The number of ether oxygens (including phenoxy) is 1. The molecule has 0 saturated heterocycles. The number of fused-ring (bicyclic) bond motifs is 1. The molecule has 0 aliphatic heterocycles. The molecule has 5 rings (SSSR count). The summed E-state index contributed by atoms with van der Waals surface area (Å²) in [6.45, 7) is 1.87. The molecular formula is C26H22ClN3O3S. The summed E-state index contributed by atoms with van der Waals surface area (Å²) in [5.74, 6) is 1.64. The number of rotatable bonds is 8. The topological polar surface area (TPSA) is 81.2 Å². The van der Waals surface area contributed by atoms with Crippen LogP contribution in [0.15, 0.2) is 54.2 Å². The van der Waals surface area contributed by atoms with E-state index in [1.807, 2.05) is 25.1 Å².